The molecule has 26 heavy (non-hydrogen) atoms. The number of nitrogens with zero attached hydrogens (tertiary/aromatic N) is 3. The Morgan fingerprint density at radius 1 is 1.31 bits per heavy atom. The maximum Gasteiger partial charge on any atom is 0.323 e. The Kier molecular flexibility index (Phi) is 6.48. The van der Waals surface area contributed by atoms with Crippen LogP contribution in [-0.4, -0.2) is 49.9 Å². The highest BCUT2D eigenvalue weighted by Crippen LogP contribution is 2.15. The molecule has 0 atom stereocenters. The van der Waals surface area contributed by atoms with Crippen molar-refractivity contribution in [2.24, 2.45) is 0 Å². The number of aromatic nitrogens is 2. The van der Waals surface area contributed by atoms with Gasteiger partial charge in [0.25, 0.3) is 5.91 Å². The molecule has 0 bridgehead atoms. The standard InChI is InChI=1S/C18H22N4O4/c1-13(2)22(11-17(24)25)18(26)14-4-3-5-15(10-14)20-16(23)6-8-21-9-7-19-12-21/h3-5,7,9-10,12-13H,6,8,11H2,1-2H3,(H,20,23)(H,24,25). The zero-order valence-corrected chi connectivity index (χ0v) is 14.8. The number of nitrogens with one attached hydrogen (secondary N) is 1. The van der Waals surface area contributed by atoms with Crippen LogP contribution < -0.4 is 5.32 Å². The second kappa shape index (κ2) is 8.80. The number of hydrogen-bond donors (Lipinski definition) is 2. The monoisotopic (exact) mass is 358 g/mol. The smallest absolute Gasteiger partial charge is 0.323 e. The van der Waals surface area contributed by atoms with E-state index in [4.69, 9.17) is 5.11 Å². The normalized spacial score (nSPS) is 10.6. The minimum absolute atomic E-state index is 0.186. The van der Waals surface area contributed by atoms with Crippen molar-refractivity contribution in [3.63, 3.8) is 0 Å². The van der Waals surface area contributed by atoms with Crippen molar-refractivity contribution < 1.29 is 19.5 Å². The van der Waals surface area contributed by atoms with Crippen LogP contribution in [0.5, 0.6) is 0 Å². The van der Waals surface area contributed by atoms with Crippen LogP contribution in [0.4, 0.5) is 5.69 Å². The molecule has 0 saturated carbocycles. The average molecular weight is 358 g/mol. The summed E-state index contributed by atoms with van der Waals surface area (Å²) in [5.74, 6) is -1.65. The number of aryl methyl sites for hydroxylation is 1. The summed E-state index contributed by atoms with van der Waals surface area (Å²) < 4.78 is 1.80. The number of imidazole rings is 1. The van der Waals surface area contributed by atoms with Crippen molar-refractivity contribution in [1.29, 1.82) is 0 Å². The van der Waals surface area contributed by atoms with Crippen LogP contribution in [-0.2, 0) is 16.1 Å². The Balaban J connectivity index is 2.02. The topological polar surface area (TPSA) is 105 Å². The molecule has 2 amide bonds. The number of amides is 2. The highest BCUT2D eigenvalue weighted by molar-refractivity contribution is 5.98. The maximum absolute atomic E-state index is 12.6. The van der Waals surface area contributed by atoms with Gasteiger partial charge in [-0.15, -0.1) is 0 Å². The molecular weight excluding hydrogens is 336 g/mol. The maximum atomic E-state index is 12.6. The van der Waals surface area contributed by atoms with Crippen LogP contribution in [0.3, 0.4) is 0 Å². The van der Waals surface area contributed by atoms with Gasteiger partial charge in [0, 0.05) is 42.7 Å². The molecule has 0 aliphatic carbocycles. The summed E-state index contributed by atoms with van der Waals surface area (Å²) in [5, 5.41) is 11.7. The van der Waals surface area contributed by atoms with E-state index in [-0.39, 0.29) is 24.9 Å². The average Bonchev–Trinajstić information content (AvgIpc) is 3.10. The van der Waals surface area contributed by atoms with E-state index in [1.165, 1.54) is 4.90 Å². The minimum Gasteiger partial charge on any atom is -0.480 e. The van der Waals surface area contributed by atoms with Gasteiger partial charge in [0.15, 0.2) is 0 Å². The molecule has 0 fully saturated rings. The molecule has 2 N–H and O–H groups in total. The van der Waals surface area contributed by atoms with Crippen molar-refractivity contribution in [1.82, 2.24) is 14.5 Å². The van der Waals surface area contributed by atoms with E-state index in [1.54, 1.807) is 61.4 Å². The second-order valence-corrected chi connectivity index (χ2v) is 6.10. The molecule has 0 saturated heterocycles. The Morgan fingerprint density at radius 3 is 2.69 bits per heavy atom. The lowest BCUT2D eigenvalue weighted by Crippen LogP contribution is -2.40. The number of aliphatic carboxylic acids is 1. The van der Waals surface area contributed by atoms with Gasteiger partial charge in [0.2, 0.25) is 5.91 Å². The third-order valence-corrected chi connectivity index (χ3v) is 3.74. The van der Waals surface area contributed by atoms with Gasteiger partial charge in [-0.2, -0.15) is 0 Å². The first-order valence-electron chi connectivity index (χ1n) is 8.25. The lowest BCUT2D eigenvalue weighted by molar-refractivity contribution is -0.138. The SMILES string of the molecule is CC(C)N(CC(=O)O)C(=O)c1cccc(NC(=O)CCn2ccnc2)c1. The van der Waals surface area contributed by atoms with Gasteiger partial charge in [-0.05, 0) is 32.0 Å². The van der Waals surface area contributed by atoms with Gasteiger partial charge in [-0.3, -0.25) is 14.4 Å². The first kappa shape index (κ1) is 19.2. The highest BCUT2D eigenvalue weighted by atomic mass is 16.4. The Morgan fingerprint density at radius 2 is 2.08 bits per heavy atom. The van der Waals surface area contributed by atoms with Crippen LogP contribution in [0.25, 0.3) is 0 Å². The van der Waals surface area contributed by atoms with Crippen molar-refractivity contribution >= 4 is 23.5 Å². The van der Waals surface area contributed by atoms with Crippen molar-refractivity contribution in [3.05, 3.63) is 48.5 Å². The van der Waals surface area contributed by atoms with Crippen LogP contribution in [0, 0.1) is 0 Å². The summed E-state index contributed by atoms with van der Waals surface area (Å²) in [6, 6.07) is 6.22. The lowest BCUT2D eigenvalue weighted by atomic mass is 10.1. The number of carbonyl (C=O) groups excluding carboxylic acids is 2. The Hall–Kier alpha value is -3.16. The van der Waals surface area contributed by atoms with Gasteiger partial charge >= 0.3 is 5.97 Å². The molecule has 138 valence electrons. The van der Waals surface area contributed by atoms with Gasteiger partial charge < -0.3 is 19.9 Å². The summed E-state index contributed by atoms with van der Waals surface area (Å²) in [4.78, 5) is 40.8. The lowest BCUT2D eigenvalue weighted by Gasteiger charge is -2.25. The number of carboxylic acid groups (broad SMARTS) is 1. The van der Waals surface area contributed by atoms with Crippen LogP contribution in [0.2, 0.25) is 0 Å². The van der Waals surface area contributed by atoms with Gasteiger partial charge in [-0.1, -0.05) is 6.07 Å². The van der Waals surface area contributed by atoms with E-state index >= 15 is 0 Å². The molecule has 0 radical (unpaired) electrons. The second-order valence-electron chi connectivity index (χ2n) is 6.10. The zero-order chi connectivity index (χ0) is 19.1. The fourth-order valence-electron chi connectivity index (χ4n) is 2.40. The molecule has 1 heterocycles. The van der Waals surface area contributed by atoms with E-state index in [2.05, 4.69) is 10.3 Å². The van der Waals surface area contributed by atoms with Crippen LogP contribution >= 0.6 is 0 Å². The number of anilines is 1. The summed E-state index contributed by atoms with van der Waals surface area (Å²) >= 11 is 0. The molecule has 1 aromatic heterocycles. The third kappa shape index (κ3) is 5.44. The first-order valence-corrected chi connectivity index (χ1v) is 8.25. The minimum atomic E-state index is -1.07. The quantitative estimate of drug-likeness (QED) is 0.749. The van der Waals surface area contributed by atoms with Crippen molar-refractivity contribution in [3.8, 4) is 0 Å². The number of benzene rings is 1. The molecule has 2 rings (SSSR count). The van der Waals surface area contributed by atoms with Gasteiger partial charge in [-0.25, -0.2) is 4.98 Å². The van der Waals surface area contributed by atoms with E-state index in [9.17, 15) is 14.4 Å². The summed E-state index contributed by atoms with van der Waals surface area (Å²) in [7, 11) is 0. The van der Waals surface area contributed by atoms with E-state index < -0.39 is 11.9 Å². The number of rotatable bonds is 8. The molecule has 0 spiro atoms. The fraction of sp³-hybridized carbons (Fsp3) is 0.333. The number of carbonyl (C=O) groups is 3. The predicted molar refractivity (Wildman–Crippen MR) is 95.7 cm³/mol. The van der Waals surface area contributed by atoms with Crippen molar-refractivity contribution in [2.75, 3.05) is 11.9 Å². The third-order valence-electron chi connectivity index (χ3n) is 3.74. The van der Waals surface area contributed by atoms with Gasteiger partial charge in [0.05, 0.1) is 6.33 Å². The molecule has 0 unspecified atom stereocenters. The van der Waals surface area contributed by atoms with Crippen LogP contribution in [0.15, 0.2) is 43.0 Å². The largest absolute Gasteiger partial charge is 0.480 e. The Bertz CT molecular complexity index is 771. The number of hydrogen-bond acceptors (Lipinski definition) is 4. The number of carboxylic acids is 1. The fourth-order valence-corrected chi connectivity index (χ4v) is 2.40. The van der Waals surface area contributed by atoms with E-state index in [0.29, 0.717) is 17.8 Å². The molecule has 2 aromatic rings. The summed E-state index contributed by atoms with van der Waals surface area (Å²) in [6.07, 6.45) is 5.32. The van der Waals surface area contributed by atoms with Crippen molar-refractivity contribution in [2.45, 2.75) is 32.9 Å². The first-order chi connectivity index (χ1) is 12.4. The zero-order valence-electron chi connectivity index (χ0n) is 14.8. The predicted octanol–water partition coefficient (Wildman–Crippen LogP) is 1.85. The Labute approximate surface area is 151 Å². The van der Waals surface area contributed by atoms with E-state index in [1.807, 2.05) is 0 Å². The molecule has 8 heteroatoms. The highest BCUT2D eigenvalue weighted by Gasteiger charge is 2.21. The molecule has 0 aliphatic heterocycles. The summed E-state index contributed by atoms with van der Waals surface area (Å²) in [5.41, 5.74) is 0.817. The molecule has 0 aliphatic rings. The molecule has 8 nitrogen and oxygen atoms in total. The van der Waals surface area contributed by atoms with E-state index in [0.717, 1.165) is 0 Å². The summed E-state index contributed by atoms with van der Waals surface area (Å²) in [6.45, 7) is 3.63. The van der Waals surface area contributed by atoms with Crippen LogP contribution in [0.1, 0.15) is 30.6 Å². The molecule has 1 aromatic carbocycles. The van der Waals surface area contributed by atoms with Gasteiger partial charge in [0.1, 0.15) is 6.54 Å². The molecular formula is C18H22N4O4.